The zero-order valence-electron chi connectivity index (χ0n) is 17.8. The van der Waals surface area contributed by atoms with Gasteiger partial charge in [0.1, 0.15) is 6.04 Å². The molecule has 0 bridgehead atoms. The van der Waals surface area contributed by atoms with Crippen LogP contribution in [0.25, 0.3) is 0 Å². The molecule has 9 nitrogen and oxygen atoms in total. The van der Waals surface area contributed by atoms with E-state index in [9.17, 15) is 24.0 Å². The summed E-state index contributed by atoms with van der Waals surface area (Å²) in [5, 5.41) is 8.14. The monoisotopic (exact) mass is 457 g/mol. The Labute approximate surface area is 193 Å². The lowest BCUT2D eigenvalue weighted by Gasteiger charge is -2.24. The van der Waals surface area contributed by atoms with Gasteiger partial charge in [0, 0.05) is 35.8 Å². The smallest absolute Gasteiger partial charge is 0.287 e. The molecule has 1 saturated heterocycles. The second kappa shape index (κ2) is 8.43. The predicted octanol–water partition coefficient (Wildman–Crippen LogP) is 2.20. The number of rotatable bonds is 5. The number of amides is 3. The highest BCUT2D eigenvalue weighted by Gasteiger charge is 2.34. The summed E-state index contributed by atoms with van der Waals surface area (Å²) in [6, 6.07) is 14.3. The van der Waals surface area contributed by atoms with Crippen molar-refractivity contribution in [1.29, 1.82) is 0 Å². The number of furan rings is 1. The summed E-state index contributed by atoms with van der Waals surface area (Å²) in [7, 11) is 0. The lowest BCUT2D eigenvalue weighted by atomic mass is 9.89. The molecule has 1 aliphatic carbocycles. The average Bonchev–Trinajstić information content (AvgIpc) is 3.30. The van der Waals surface area contributed by atoms with Crippen LogP contribution in [0.4, 0.5) is 5.69 Å². The number of nitrogens with one attached hydrogen (secondary N) is 3. The summed E-state index contributed by atoms with van der Waals surface area (Å²) in [5.41, 5.74) is 1.93. The topological polar surface area (TPSA) is 135 Å². The van der Waals surface area contributed by atoms with Gasteiger partial charge in [-0.25, -0.2) is 0 Å². The van der Waals surface area contributed by atoms with E-state index in [1.54, 1.807) is 48.5 Å². The fourth-order valence-corrected chi connectivity index (χ4v) is 4.08. The minimum atomic E-state index is -0.588. The summed E-state index contributed by atoms with van der Waals surface area (Å²) < 4.78 is 5.49. The Morgan fingerprint density at radius 1 is 0.941 bits per heavy atom. The molecule has 3 amide bonds. The van der Waals surface area contributed by atoms with Crippen LogP contribution in [0, 0.1) is 0 Å². The number of benzene rings is 2. The molecule has 34 heavy (non-hydrogen) atoms. The Balaban J connectivity index is 1.31. The second-order valence-corrected chi connectivity index (χ2v) is 8.05. The van der Waals surface area contributed by atoms with Crippen molar-refractivity contribution >= 4 is 35.0 Å². The molecule has 2 aromatic carbocycles. The van der Waals surface area contributed by atoms with Crippen molar-refractivity contribution in [3.8, 4) is 0 Å². The van der Waals surface area contributed by atoms with E-state index in [2.05, 4.69) is 16.0 Å². The molecule has 9 heteroatoms. The van der Waals surface area contributed by atoms with Gasteiger partial charge in [-0.15, -0.1) is 0 Å². The van der Waals surface area contributed by atoms with Crippen LogP contribution >= 0.6 is 0 Å². The van der Waals surface area contributed by atoms with E-state index in [0.29, 0.717) is 17.7 Å². The van der Waals surface area contributed by atoms with Crippen LogP contribution < -0.4 is 16.0 Å². The van der Waals surface area contributed by atoms with E-state index in [1.807, 2.05) is 0 Å². The molecule has 3 N–H and O–H groups in total. The predicted molar refractivity (Wildman–Crippen MR) is 119 cm³/mol. The maximum absolute atomic E-state index is 12.8. The quantitative estimate of drug-likeness (QED) is 0.391. The zero-order chi connectivity index (χ0) is 23.8. The van der Waals surface area contributed by atoms with Crippen LogP contribution in [0.3, 0.4) is 0 Å². The molecule has 0 radical (unpaired) electrons. The molecule has 1 atom stereocenters. The van der Waals surface area contributed by atoms with Gasteiger partial charge in [0.2, 0.25) is 17.6 Å². The largest absolute Gasteiger partial charge is 0.447 e. The van der Waals surface area contributed by atoms with Gasteiger partial charge in [-0.1, -0.05) is 42.5 Å². The van der Waals surface area contributed by atoms with Gasteiger partial charge in [-0.3, -0.25) is 29.3 Å². The highest BCUT2D eigenvalue weighted by molar-refractivity contribution is 6.27. The first-order chi connectivity index (χ1) is 16.4. The summed E-state index contributed by atoms with van der Waals surface area (Å²) in [6.45, 7) is 0.1000. The van der Waals surface area contributed by atoms with Crippen LogP contribution in [0.5, 0.6) is 0 Å². The maximum Gasteiger partial charge on any atom is 0.287 e. The van der Waals surface area contributed by atoms with Gasteiger partial charge >= 0.3 is 0 Å². The average molecular weight is 457 g/mol. The fourth-order valence-electron chi connectivity index (χ4n) is 4.08. The van der Waals surface area contributed by atoms with Crippen LogP contribution in [0.1, 0.15) is 61.0 Å². The maximum atomic E-state index is 12.8. The number of fused-ring (bicyclic) bond motifs is 2. The third-order valence-corrected chi connectivity index (χ3v) is 5.85. The molecular formula is C25H19N3O6. The van der Waals surface area contributed by atoms with Crippen molar-refractivity contribution in [2.45, 2.75) is 25.4 Å². The molecule has 1 aromatic heterocycles. The van der Waals surface area contributed by atoms with Gasteiger partial charge in [-0.2, -0.15) is 0 Å². The Bertz CT molecular complexity index is 1320. The minimum absolute atomic E-state index is 0.0637. The van der Waals surface area contributed by atoms with E-state index in [0.717, 1.165) is 0 Å². The SMILES string of the molecule is O=C1CCC(Nc2ccccc2CNC(=O)c2cc3c(o2)C(=O)c2ccccc2C3=O)C(=O)N1. The van der Waals surface area contributed by atoms with Crippen LogP contribution in [-0.2, 0) is 16.1 Å². The molecule has 2 heterocycles. The van der Waals surface area contributed by atoms with E-state index in [-0.39, 0.29) is 52.9 Å². The molecule has 170 valence electrons. The summed E-state index contributed by atoms with van der Waals surface area (Å²) in [4.78, 5) is 61.7. The number of carbonyl (C=O) groups is 5. The first-order valence-corrected chi connectivity index (χ1v) is 10.7. The molecule has 1 unspecified atom stereocenters. The molecule has 5 rings (SSSR count). The standard InChI is InChI=1S/C25H19N3O6/c29-20-10-9-18(24(32)28-20)27-17-8-4-1-5-13(17)12-26-25(33)19-11-16-21(30)14-6-2-3-7-15(14)22(31)23(16)34-19/h1-8,11,18,27H,9-10,12H2,(H,26,33)(H,28,29,32). The van der Waals surface area contributed by atoms with Crippen molar-refractivity contribution in [2.24, 2.45) is 0 Å². The summed E-state index contributed by atoms with van der Waals surface area (Å²) in [6.07, 6.45) is 0.612. The van der Waals surface area contributed by atoms with Gasteiger partial charge in [-0.05, 0) is 18.1 Å². The van der Waals surface area contributed by atoms with Crippen molar-refractivity contribution < 1.29 is 28.4 Å². The third-order valence-electron chi connectivity index (χ3n) is 5.85. The Kier molecular flexibility index (Phi) is 5.29. The van der Waals surface area contributed by atoms with Gasteiger partial charge < -0.3 is 15.1 Å². The number of hydrogen-bond acceptors (Lipinski definition) is 7. The van der Waals surface area contributed by atoms with Crippen LogP contribution in [0.2, 0.25) is 0 Å². The zero-order valence-corrected chi connectivity index (χ0v) is 17.8. The lowest BCUT2D eigenvalue weighted by molar-refractivity contribution is -0.133. The third kappa shape index (κ3) is 3.77. The molecule has 2 aliphatic rings. The molecule has 0 spiro atoms. The first-order valence-electron chi connectivity index (χ1n) is 10.7. The Hall–Kier alpha value is -4.53. The molecule has 3 aromatic rings. The van der Waals surface area contributed by atoms with Gasteiger partial charge in [0.05, 0.1) is 5.56 Å². The molecular weight excluding hydrogens is 438 g/mol. The molecule has 0 saturated carbocycles. The second-order valence-electron chi connectivity index (χ2n) is 8.05. The number of ketones is 2. The van der Waals surface area contributed by atoms with Crippen LogP contribution in [-0.4, -0.2) is 35.3 Å². The van der Waals surface area contributed by atoms with Crippen molar-refractivity contribution in [3.63, 3.8) is 0 Å². The summed E-state index contributed by atoms with van der Waals surface area (Å²) in [5.74, 6) is -2.38. The van der Waals surface area contributed by atoms with E-state index < -0.39 is 23.6 Å². The molecule has 1 fully saturated rings. The number of carbonyl (C=O) groups excluding carboxylic acids is 5. The fraction of sp³-hybridized carbons (Fsp3) is 0.160. The lowest BCUT2D eigenvalue weighted by Crippen LogP contribution is -2.47. The van der Waals surface area contributed by atoms with Gasteiger partial charge in [0.15, 0.2) is 17.3 Å². The van der Waals surface area contributed by atoms with E-state index in [4.69, 9.17) is 4.42 Å². The van der Waals surface area contributed by atoms with Crippen LogP contribution in [0.15, 0.2) is 59.0 Å². The number of imide groups is 1. The highest BCUT2D eigenvalue weighted by atomic mass is 16.4. The van der Waals surface area contributed by atoms with Crippen molar-refractivity contribution in [1.82, 2.24) is 10.6 Å². The number of hydrogen-bond donors (Lipinski definition) is 3. The number of para-hydroxylation sites is 1. The minimum Gasteiger partial charge on any atom is -0.447 e. The highest BCUT2D eigenvalue weighted by Crippen LogP contribution is 2.29. The first kappa shape index (κ1) is 21.3. The number of anilines is 1. The van der Waals surface area contributed by atoms with Crippen molar-refractivity contribution in [3.05, 3.63) is 88.4 Å². The summed E-state index contributed by atoms with van der Waals surface area (Å²) >= 11 is 0. The van der Waals surface area contributed by atoms with Crippen molar-refractivity contribution in [2.75, 3.05) is 5.32 Å². The van der Waals surface area contributed by atoms with E-state index >= 15 is 0 Å². The Morgan fingerprint density at radius 2 is 1.65 bits per heavy atom. The molecule has 1 aliphatic heterocycles. The number of piperidine rings is 1. The van der Waals surface area contributed by atoms with Gasteiger partial charge in [0.25, 0.3) is 5.91 Å². The normalized spacial score (nSPS) is 17.0. The van der Waals surface area contributed by atoms with E-state index in [1.165, 1.54) is 6.07 Å². The Morgan fingerprint density at radius 3 is 2.41 bits per heavy atom.